The summed E-state index contributed by atoms with van der Waals surface area (Å²) in [4.78, 5) is 4.40. The van der Waals surface area contributed by atoms with Gasteiger partial charge >= 0.3 is 0 Å². The van der Waals surface area contributed by atoms with E-state index in [4.69, 9.17) is 5.84 Å². The lowest BCUT2D eigenvalue weighted by atomic mass is 9.96. The molecule has 2 aromatic carbocycles. The van der Waals surface area contributed by atoms with Gasteiger partial charge in [-0.05, 0) is 58.0 Å². The number of pyridine rings is 1. The van der Waals surface area contributed by atoms with E-state index in [1.807, 2.05) is 24.4 Å². The summed E-state index contributed by atoms with van der Waals surface area (Å²) >= 11 is 2.30. The fourth-order valence-electron chi connectivity index (χ4n) is 2.40. The van der Waals surface area contributed by atoms with Gasteiger partial charge in [-0.1, -0.05) is 30.3 Å². The second kappa shape index (κ2) is 5.87. The molecule has 4 heteroatoms. The quantitative estimate of drug-likeness (QED) is 0.419. The average Bonchev–Trinajstić information content (AvgIpc) is 2.50. The third kappa shape index (κ3) is 2.54. The van der Waals surface area contributed by atoms with Crippen molar-refractivity contribution in [3.05, 3.63) is 75.5 Å². The largest absolute Gasteiger partial charge is 0.271 e. The molecule has 3 nitrogen and oxygen atoms in total. The van der Waals surface area contributed by atoms with Crippen molar-refractivity contribution in [1.82, 2.24) is 10.4 Å². The molecule has 0 fully saturated rings. The van der Waals surface area contributed by atoms with Crippen LogP contribution in [-0.4, -0.2) is 4.98 Å². The zero-order chi connectivity index (χ0) is 13.9. The fourth-order valence-corrected chi connectivity index (χ4v) is 2.76. The number of hydrazine groups is 1. The van der Waals surface area contributed by atoms with Gasteiger partial charge in [0, 0.05) is 15.2 Å². The molecule has 0 radical (unpaired) electrons. The van der Waals surface area contributed by atoms with Gasteiger partial charge in [0.15, 0.2) is 0 Å². The monoisotopic (exact) mass is 375 g/mol. The SMILES string of the molecule is NNC(c1ccc(I)cc1)c1cccc2ncccc12. The number of benzene rings is 2. The molecule has 0 bridgehead atoms. The summed E-state index contributed by atoms with van der Waals surface area (Å²) < 4.78 is 1.21. The molecule has 3 rings (SSSR count). The minimum Gasteiger partial charge on any atom is -0.271 e. The molecule has 100 valence electrons. The molecule has 1 unspecified atom stereocenters. The number of hydrogen-bond acceptors (Lipinski definition) is 3. The van der Waals surface area contributed by atoms with Gasteiger partial charge < -0.3 is 0 Å². The summed E-state index contributed by atoms with van der Waals surface area (Å²) in [5, 5.41) is 1.12. The predicted octanol–water partition coefficient (Wildman–Crippen LogP) is 3.39. The van der Waals surface area contributed by atoms with E-state index in [1.54, 1.807) is 0 Å². The average molecular weight is 375 g/mol. The van der Waals surface area contributed by atoms with E-state index in [-0.39, 0.29) is 6.04 Å². The van der Waals surface area contributed by atoms with E-state index in [0.29, 0.717) is 0 Å². The summed E-state index contributed by atoms with van der Waals surface area (Å²) in [6.07, 6.45) is 1.81. The molecule has 0 amide bonds. The molecule has 0 saturated carbocycles. The van der Waals surface area contributed by atoms with Gasteiger partial charge in [0.1, 0.15) is 0 Å². The van der Waals surface area contributed by atoms with Gasteiger partial charge in [-0.15, -0.1) is 0 Å². The van der Waals surface area contributed by atoms with Gasteiger partial charge in [-0.3, -0.25) is 10.8 Å². The van der Waals surface area contributed by atoms with Crippen LogP contribution in [0, 0.1) is 3.57 Å². The first-order valence-electron chi connectivity index (χ1n) is 6.35. The summed E-state index contributed by atoms with van der Waals surface area (Å²) in [5.74, 6) is 5.79. The van der Waals surface area contributed by atoms with Gasteiger partial charge in [0.2, 0.25) is 0 Å². The standard InChI is InChI=1S/C16H14IN3/c17-12-8-6-11(7-9-12)16(20-18)14-3-1-5-15-13(14)4-2-10-19-15/h1-10,16,20H,18H2. The second-order valence-electron chi connectivity index (χ2n) is 4.57. The topological polar surface area (TPSA) is 50.9 Å². The van der Waals surface area contributed by atoms with Crippen molar-refractivity contribution in [3.63, 3.8) is 0 Å². The van der Waals surface area contributed by atoms with Crippen molar-refractivity contribution >= 4 is 33.5 Å². The van der Waals surface area contributed by atoms with Gasteiger partial charge in [0.25, 0.3) is 0 Å². The van der Waals surface area contributed by atoms with E-state index in [1.165, 1.54) is 3.57 Å². The molecular weight excluding hydrogens is 361 g/mol. The van der Waals surface area contributed by atoms with Crippen LogP contribution in [0.1, 0.15) is 17.2 Å². The van der Waals surface area contributed by atoms with Crippen molar-refractivity contribution in [2.24, 2.45) is 5.84 Å². The lowest BCUT2D eigenvalue weighted by molar-refractivity contribution is 0.641. The third-order valence-corrected chi connectivity index (χ3v) is 4.08. The summed E-state index contributed by atoms with van der Waals surface area (Å²) in [7, 11) is 0. The minimum absolute atomic E-state index is 0.0418. The maximum absolute atomic E-state index is 5.79. The number of fused-ring (bicyclic) bond motifs is 1. The minimum atomic E-state index is -0.0418. The first kappa shape index (κ1) is 13.5. The zero-order valence-electron chi connectivity index (χ0n) is 10.8. The highest BCUT2D eigenvalue weighted by atomic mass is 127. The number of hydrogen-bond donors (Lipinski definition) is 2. The second-order valence-corrected chi connectivity index (χ2v) is 5.81. The van der Waals surface area contributed by atoms with E-state index < -0.39 is 0 Å². The molecule has 1 aromatic heterocycles. The van der Waals surface area contributed by atoms with E-state index in [2.05, 4.69) is 69.4 Å². The van der Waals surface area contributed by atoms with E-state index in [0.717, 1.165) is 22.0 Å². The Labute approximate surface area is 131 Å². The van der Waals surface area contributed by atoms with Crippen LogP contribution >= 0.6 is 22.6 Å². The number of halogens is 1. The molecule has 1 atom stereocenters. The van der Waals surface area contributed by atoms with Crippen molar-refractivity contribution < 1.29 is 0 Å². The highest BCUT2D eigenvalue weighted by molar-refractivity contribution is 14.1. The molecule has 20 heavy (non-hydrogen) atoms. The number of rotatable bonds is 3. The van der Waals surface area contributed by atoms with Gasteiger partial charge in [-0.2, -0.15) is 0 Å². The number of aromatic nitrogens is 1. The van der Waals surface area contributed by atoms with Crippen LogP contribution in [0.4, 0.5) is 0 Å². The Morgan fingerprint density at radius 2 is 1.80 bits per heavy atom. The maximum Gasteiger partial charge on any atom is 0.0716 e. The molecule has 0 spiro atoms. The fraction of sp³-hybridized carbons (Fsp3) is 0.0625. The lowest BCUT2D eigenvalue weighted by Crippen LogP contribution is -2.29. The molecule has 0 saturated heterocycles. The molecule has 0 aliphatic carbocycles. The number of nitrogens with one attached hydrogen (secondary N) is 1. The van der Waals surface area contributed by atoms with Crippen LogP contribution in [0.2, 0.25) is 0 Å². The summed E-state index contributed by atoms with van der Waals surface area (Å²) in [5.41, 5.74) is 6.18. The van der Waals surface area contributed by atoms with Gasteiger partial charge in [-0.25, -0.2) is 5.43 Å². The van der Waals surface area contributed by atoms with Crippen molar-refractivity contribution in [1.29, 1.82) is 0 Å². The first-order chi connectivity index (χ1) is 9.79. The Morgan fingerprint density at radius 1 is 1.00 bits per heavy atom. The molecule has 3 aromatic rings. The van der Waals surface area contributed by atoms with Crippen LogP contribution in [0.3, 0.4) is 0 Å². The Bertz CT molecular complexity index is 720. The molecule has 1 heterocycles. The first-order valence-corrected chi connectivity index (χ1v) is 7.42. The summed E-state index contributed by atoms with van der Waals surface area (Å²) in [6.45, 7) is 0. The van der Waals surface area contributed by atoms with Crippen LogP contribution in [-0.2, 0) is 0 Å². The van der Waals surface area contributed by atoms with Crippen molar-refractivity contribution in [3.8, 4) is 0 Å². The molecule has 3 N–H and O–H groups in total. The van der Waals surface area contributed by atoms with Crippen molar-refractivity contribution in [2.75, 3.05) is 0 Å². The van der Waals surface area contributed by atoms with Crippen LogP contribution in [0.5, 0.6) is 0 Å². The lowest BCUT2D eigenvalue weighted by Gasteiger charge is -2.18. The number of nitrogens with zero attached hydrogens (tertiary/aromatic N) is 1. The van der Waals surface area contributed by atoms with Crippen LogP contribution in [0.25, 0.3) is 10.9 Å². The Hall–Kier alpha value is -1.50. The zero-order valence-corrected chi connectivity index (χ0v) is 12.9. The van der Waals surface area contributed by atoms with Crippen LogP contribution in [0.15, 0.2) is 60.8 Å². The predicted molar refractivity (Wildman–Crippen MR) is 90.1 cm³/mol. The highest BCUT2D eigenvalue weighted by Gasteiger charge is 2.15. The molecule has 0 aliphatic rings. The van der Waals surface area contributed by atoms with Gasteiger partial charge in [0.05, 0.1) is 11.6 Å². The van der Waals surface area contributed by atoms with Crippen molar-refractivity contribution in [2.45, 2.75) is 6.04 Å². The smallest absolute Gasteiger partial charge is 0.0716 e. The Balaban J connectivity index is 2.14. The third-order valence-electron chi connectivity index (χ3n) is 3.36. The Morgan fingerprint density at radius 3 is 2.55 bits per heavy atom. The normalized spacial score (nSPS) is 12.5. The van der Waals surface area contributed by atoms with E-state index in [9.17, 15) is 0 Å². The highest BCUT2D eigenvalue weighted by Crippen LogP contribution is 2.27. The molecular formula is C16H14IN3. The Kier molecular flexibility index (Phi) is 3.95. The van der Waals surface area contributed by atoms with E-state index >= 15 is 0 Å². The molecule has 0 aliphatic heterocycles. The maximum atomic E-state index is 5.79. The summed E-state index contributed by atoms with van der Waals surface area (Å²) in [6, 6.07) is 18.5. The van der Waals surface area contributed by atoms with Crippen LogP contribution < -0.4 is 11.3 Å². The number of nitrogens with two attached hydrogens (primary N) is 1.